The van der Waals surface area contributed by atoms with Gasteiger partial charge in [-0.1, -0.05) is 43.2 Å². The second-order valence-electron chi connectivity index (χ2n) is 7.02. The second-order valence-corrected chi connectivity index (χ2v) is 7.02. The molecule has 1 aromatic rings. The highest BCUT2D eigenvalue weighted by molar-refractivity contribution is 5.31. The van der Waals surface area contributed by atoms with E-state index in [1.165, 1.54) is 36.1 Å². The van der Waals surface area contributed by atoms with Crippen LogP contribution < -0.4 is 5.32 Å². The van der Waals surface area contributed by atoms with Crippen molar-refractivity contribution in [3.8, 4) is 0 Å². The van der Waals surface area contributed by atoms with Gasteiger partial charge in [0.25, 0.3) is 0 Å². The van der Waals surface area contributed by atoms with Crippen LogP contribution in [0.2, 0.25) is 0 Å². The lowest BCUT2D eigenvalue weighted by Crippen LogP contribution is -2.45. The van der Waals surface area contributed by atoms with E-state index in [1.54, 1.807) is 0 Å². The maximum Gasteiger partial charge on any atom is 0.0449 e. The van der Waals surface area contributed by atoms with E-state index in [4.69, 9.17) is 0 Å². The van der Waals surface area contributed by atoms with Crippen LogP contribution in [0, 0.1) is 19.8 Å². The van der Waals surface area contributed by atoms with Crippen LogP contribution in [0.4, 0.5) is 0 Å². The third kappa shape index (κ3) is 4.55. The van der Waals surface area contributed by atoms with E-state index in [2.05, 4.69) is 63.0 Å². The van der Waals surface area contributed by atoms with Gasteiger partial charge in [-0.15, -0.1) is 0 Å². The van der Waals surface area contributed by atoms with Crippen molar-refractivity contribution in [3.63, 3.8) is 0 Å². The molecule has 1 heterocycles. The Morgan fingerprint density at radius 2 is 1.81 bits per heavy atom. The monoisotopic (exact) mass is 288 g/mol. The maximum atomic E-state index is 3.69. The number of likely N-dealkylation sites (N-methyl/N-ethyl adjacent to an activating group) is 1. The Morgan fingerprint density at radius 3 is 2.43 bits per heavy atom. The first kappa shape index (κ1) is 16.5. The molecular formula is C19H32N2. The molecular weight excluding hydrogens is 256 g/mol. The summed E-state index contributed by atoms with van der Waals surface area (Å²) in [5, 5.41) is 3.69. The molecule has 1 aliphatic heterocycles. The van der Waals surface area contributed by atoms with Crippen molar-refractivity contribution < 1.29 is 0 Å². The molecule has 118 valence electrons. The third-order valence-corrected chi connectivity index (χ3v) is 4.76. The van der Waals surface area contributed by atoms with Crippen molar-refractivity contribution in [2.45, 2.75) is 59.5 Å². The first-order chi connectivity index (χ1) is 9.99. The second kappa shape index (κ2) is 7.42. The van der Waals surface area contributed by atoms with E-state index >= 15 is 0 Å². The van der Waals surface area contributed by atoms with Gasteiger partial charge < -0.3 is 5.32 Å². The van der Waals surface area contributed by atoms with Crippen LogP contribution >= 0.6 is 0 Å². The number of hydrogen-bond acceptors (Lipinski definition) is 2. The first-order valence-electron chi connectivity index (χ1n) is 8.55. The van der Waals surface area contributed by atoms with Crippen molar-refractivity contribution in [1.29, 1.82) is 0 Å². The van der Waals surface area contributed by atoms with Gasteiger partial charge in [-0.05, 0) is 51.6 Å². The summed E-state index contributed by atoms with van der Waals surface area (Å²) in [6.45, 7) is 14.8. The van der Waals surface area contributed by atoms with E-state index in [0.29, 0.717) is 12.1 Å². The summed E-state index contributed by atoms with van der Waals surface area (Å²) in [5.41, 5.74) is 4.18. The van der Waals surface area contributed by atoms with Crippen LogP contribution in [0.1, 0.15) is 56.3 Å². The molecule has 3 unspecified atom stereocenters. The Hall–Kier alpha value is -0.860. The van der Waals surface area contributed by atoms with Crippen LogP contribution in [0.15, 0.2) is 18.2 Å². The number of likely N-dealkylation sites (tertiary alicyclic amines) is 1. The summed E-state index contributed by atoms with van der Waals surface area (Å²) < 4.78 is 0. The zero-order chi connectivity index (χ0) is 15.4. The molecule has 1 fully saturated rings. The number of piperidine rings is 1. The van der Waals surface area contributed by atoms with E-state index in [1.807, 2.05) is 0 Å². The molecule has 2 nitrogen and oxygen atoms in total. The average molecular weight is 288 g/mol. The summed E-state index contributed by atoms with van der Waals surface area (Å²) in [4.78, 5) is 2.68. The lowest BCUT2D eigenvalue weighted by Gasteiger charge is -2.39. The molecule has 2 rings (SSSR count). The van der Waals surface area contributed by atoms with Crippen molar-refractivity contribution >= 4 is 0 Å². The summed E-state index contributed by atoms with van der Waals surface area (Å²) in [7, 11) is 0. The van der Waals surface area contributed by atoms with Gasteiger partial charge >= 0.3 is 0 Å². The van der Waals surface area contributed by atoms with Crippen molar-refractivity contribution in [2.75, 3.05) is 19.6 Å². The number of rotatable bonds is 5. The highest BCUT2D eigenvalue weighted by Crippen LogP contribution is 2.25. The number of aryl methyl sites for hydroxylation is 2. The molecule has 2 heteroatoms. The normalized spacial score (nSPS) is 25.0. The van der Waals surface area contributed by atoms with Crippen LogP contribution in [-0.4, -0.2) is 30.6 Å². The minimum Gasteiger partial charge on any atom is -0.309 e. The standard InChI is InChI=1S/C19H32N2/c1-6-20-19(18-10-15(3)9-16(4)11-18)13-21-12-14(2)7-8-17(21)5/h9-11,14,17,19-20H,6-8,12-13H2,1-5H3. The number of nitrogens with zero attached hydrogens (tertiary/aromatic N) is 1. The molecule has 1 saturated heterocycles. The predicted octanol–water partition coefficient (Wildman–Crippen LogP) is 4.07. The molecule has 0 aromatic heterocycles. The molecule has 0 radical (unpaired) electrons. The summed E-state index contributed by atoms with van der Waals surface area (Å²) in [6.07, 6.45) is 2.72. The van der Waals surface area contributed by atoms with Gasteiger partial charge in [0.05, 0.1) is 0 Å². The zero-order valence-electron chi connectivity index (χ0n) is 14.4. The fourth-order valence-corrected chi connectivity index (χ4v) is 3.61. The topological polar surface area (TPSA) is 15.3 Å². The average Bonchev–Trinajstić information content (AvgIpc) is 2.41. The van der Waals surface area contributed by atoms with Crippen molar-refractivity contribution in [2.24, 2.45) is 5.92 Å². The summed E-state index contributed by atoms with van der Waals surface area (Å²) in [6, 6.07) is 8.11. The zero-order valence-corrected chi connectivity index (χ0v) is 14.4. The number of benzene rings is 1. The van der Waals surface area contributed by atoms with Crippen LogP contribution in [0.25, 0.3) is 0 Å². The van der Waals surface area contributed by atoms with Gasteiger partial charge in [-0.2, -0.15) is 0 Å². The predicted molar refractivity (Wildman–Crippen MR) is 91.8 cm³/mol. The molecule has 0 saturated carbocycles. The van der Waals surface area contributed by atoms with Gasteiger partial charge in [0.1, 0.15) is 0 Å². The van der Waals surface area contributed by atoms with Gasteiger partial charge in [0, 0.05) is 25.2 Å². The van der Waals surface area contributed by atoms with Gasteiger partial charge in [0.2, 0.25) is 0 Å². The Morgan fingerprint density at radius 1 is 1.14 bits per heavy atom. The quantitative estimate of drug-likeness (QED) is 0.878. The molecule has 1 N–H and O–H groups in total. The molecule has 0 aliphatic carbocycles. The molecule has 0 spiro atoms. The Bertz CT molecular complexity index is 435. The smallest absolute Gasteiger partial charge is 0.0449 e. The highest BCUT2D eigenvalue weighted by Gasteiger charge is 2.25. The summed E-state index contributed by atoms with van der Waals surface area (Å²) in [5.74, 6) is 0.836. The lowest BCUT2D eigenvalue weighted by atomic mass is 9.93. The summed E-state index contributed by atoms with van der Waals surface area (Å²) >= 11 is 0. The van der Waals surface area contributed by atoms with Crippen molar-refractivity contribution in [1.82, 2.24) is 10.2 Å². The van der Waals surface area contributed by atoms with Crippen LogP contribution in [-0.2, 0) is 0 Å². The first-order valence-corrected chi connectivity index (χ1v) is 8.55. The Labute approximate surface area is 130 Å². The lowest BCUT2D eigenvalue weighted by molar-refractivity contribution is 0.112. The molecule has 1 aromatic carbocycles. The SMILES string of the molecule is CCNC(CN1CC(C)CCC1C)c1cc(C)cc(C)c1. The highest BCUT2D eigenvalue weighted by atomic mass is 15.2. The van der Waals surface area contributed by atoms with Crippen LogP contribution in [0.5, 0.6) is 0 Å². The van der Waals surface area contributed by atoms with E-state index in [-0.39, 0.29) is 0 Å². The van der Waals surface area contributed by atoms with E-state index in [9.17, 15) is 0 Å². The Kier molecular flexibility index (Phi) is 5.83. The fraction of sp³-hybridized carbons (Fsp3) is 0.684. The van der Waals surface area contributed by atoms with Gasteiger partial charge in [0.15, 0.2) is 0 Å². The van der Waals surface area contributed by atoms with Gasteiger partial charge in [-0.3, -0.25) is 4.90 Å². The maximum absolute atomic E-state index is 3.69. The Balaban J connectivity index is 2.14. The van der Waals surface area contributed by atoms with Crippen LogP contribution in [0.3, 0.4) is 0 Å². The minimum atomic E-state index is 0.446. The minimum absolute atomic E-state index is 0.446. The molecule has 0 amide bonds. The largest absolute Gasteiger partial charge is 0.309 e. The van der Waals surface area contributed by atoms with Gasteiger partial charge in [-0.25, -0.2) is 0 Å². The fourth-order valence-electron chi connectivity index (χ4n) is 3.61. The molecule has 1 aliphatic rings. The molecule has 0 bridgehead atoms. The van der Waals surface area contributed by atoms with E-state index in [0.717, 1.165) is 19.0 Å². The molecule has 3 atom stereocenters. The van der Waals surface area contributed by atoms with Crippen molar-refractivity contribution in [3.05, 3.63) is 34.9 Å². The number of nitrogens with one attached hydrogen (secondary N) is 1. The molecule has 21 heavy (non-hydrogen) atoms. The third-order valence-electron chi connectivity index (χ3n) is 4.76. The number of hydrogen-bond donors (Lipinski definition) is 1. The van der Waals surface area contributed by atoms with E-state index < -0.39 is 0 Å².